The summed E-state index contributed by atoms with van der Waals surface area (Å²) >= 11 is 0. The van der Waals surface area contributed by atoms with E-state index in [0.29, 0.717) is 18.2 Å². The van der Waals surface area contributed by atoms with Gasteiger partial charge in [-0.05, 0) is 42.7 Å². The highest BCUT2D eigenvalue weighted by Crippen LogP contribution is 2.30. The number of pyridine rings is 1. The smallest absolute Gasteiger partial charge is 0.255 e. The van der Waals surface area contributed by atoms with Gasteiger partial charge in [0.1, 0.15) is 0 Å². The Morgan fingerprint density at radius 3 is 2.80 bits per heavy atom. The van der Waals surface area contributed by atoms with Gasteiger partial charge in [-0.2, -0.15) is 0 Å². The third-order valence-electron chi connectivity index (χ3n) is 3.46. The van der Waals surface area contributed by atoms with Crippen LogP contribution in [0.25, 0.3) is 0 Å². The first-order valence-corrected chi connectivity index (χ1v) is 6.79. The normalized spacial score (nSPS) is 14.0. The summed E-state index contributed by atoms with van der Waals surface area (Å²) in [6, 6.07) is 11.7. The maximum absolute atomic E-state index is 12.6. The van der Waals surface area contributed by atoms with Gasteiger partial charge in [-0.15, -0.1) is 0 Å². The number of hydrogen-bond acceptors (Lipinski definition) is 3. The minimum absolute atomic E-state index is 0.0445. The Labute approximate surface area is 118 Å². The number of anilines is 1. The summed E-state index contributed by atoms with van der Waals surface area (Å²) in [5, 5.41) is 0. The van der Waals surface area contributed by atoms with Crippen molar-refractivity contribution in [3.63, 3.8) is 0 Å². The van der Waals surface area contributed by atoms with Crippen molar-refractivity contribution >= 4 is 11.6 Å². The van der Waals surface area contributed by atoms with E-state index in [9.17, 15) is 4.79 Å². The molecule has 4 heteroatoms. The summed E-state index contributed by atoms with van der Waals surface area (Å²) in [5.74, 6) is 0.0445. The minimum atomic E-state index is 0.0445. The van der Waals surface area contributed by atoms with Gasteiger partial charge in [-0.1, -0.05) is 12.1 Å². The summed E-state index contributed by atoms with van der Waals surface area (Å²) < 4.78 is 0. The fraction of sp³-hybridized carbons (Fsp3) is 0.250. The lowest BCUT2D eigenvalue weighted by Crippen LogP contribution is -2.32. The quantitative estimate of drug-likeness (QED) is 0.866. The Hall–Kier alpha value is -2.36. The largest absolute Gasteiger partial charge is 0.399 e. The molecule has 1 saturated carbocycles. The van der Waals surface area contributed by atoms with Gasteiger partial charge in [-0.3, -0.25) is 9.78 Å². The predicted octanol–water partition coefficient (Wildman–Crippen LogP) is 2.47. The number of carbonyl (C=O) groups is 1. The highest BCUT2D eigenvalue weighted by molar-refractivity contribution is 5.94. The zero-order valence-electron chi connectivity index (χ0n) is 11.2. The molecule has 0 bridgehead atoms. The Balaban J connectivity index is 1.81. The first-order valence-electron chi connectivity index (χ1n) is 6.79. The van der Waals surface area contributed by atoms with Gasteiger partial charge in [0.15, 0.2) is 0 Å². The van der Waals surface area contributed by atoms with E-state index in [0.717, 1.165) is 24.1 Å². The standard InChI is InChI=1S/C16H17N3O/c17-14-5-1-3-12(9-14)11-19(15-6-7-15)16(20)13-4-2-8-18-10-13/h1-5,8-10,15H,6-7,11,17H2. The number of rotatable bonds is 4. The van der Waals surface area contributed by atoms with Crippen molar-refractivity contribution in [3.05, 3.63) is 59.9 Å². The van der Waals surface area contributed by atoms with Gasteiger partial charge in [0.2, 0.25) is 0 Å². The van der Waals surface area contributed by atoms with Crippen LogP contribution in [-0.2, 0) is 6.54 Å². The molecule has 1 amide bonds. The van der Waals surface area contributed by atoms with E-state index in [1.165, 1.54) is 0 Å². The Kier molecular flexibility index (Phi) is 3.37. The van der Waals surface area contributed by atoms with Crippen LogP contribution in [0, 0.1) is 0 Å². The molecule has 1 aliphatic carbocycles. The second-order valence-corrected chi connectivity index (χ2v) is 5.15. The van der Waals surface area contributed by atoms with Gasteiger partial charge in [0, 0.05) is 30.7 Å². The molecule has 102 valence electrons. The van der Waals surface area contributed by atoms with Crippen molar-refractivity contribution in [1.82, 2.24) is 9.88 Å². The van der Waals surface area contributed by atoms with Gasteiger partial charge in [0.05, 0.1) is 5.56 Å². The van der Waals surface area contributed by atoms with Crippen LogP contribution in [0.2, 0.25) is 0 Å². The SMILES string of the molecule is Nc1cccc(CN(C(=O)c2cccnc2)C2CC2)c1. The number of nitrogens with zero attached hydrogens (tertiary/aromatic N) is 2. The molecule has 0 spiro atoms. The lowest BCUT2D eigenvalue weighted by molar-refractivity contribution is 0.0729. The van der Waals surface area contributed by atoms with Crippen LogP contribution in [0.4, 0.5) is 5.69 Å². The molecule has 1 fully saturated rings. The number of amides is 1. The van der Waals surface area contributed by atoms with E-state index < -0.39 is 0 Å². The second-order valence-electron chi connectivity index (χ2n) is 5.15. The van der Waals surface area contributed by atoms with Crippen LogP contribution < -0.4 is 5.73 Å². The summed E-state index contributed by atoms with van der Waals surface area (Å²) in [5.41, 5.74) is 8.23. The van der Waals surface area contributed by atoms with Crippen LogP contribution >= 0.6 is 0 Å². The highest BCUT2D eigenvalue weighted by atomic mass is 16.2. The van der Waals surface area contributed by atoms with Crippen LogP contribution in [0.3, 0.4) is 0 Å². The van der Waals surface area contributed by atoms with Crippen molar-refractivity contribution in [2.24, 2.45) is 0 Å². The number of carbonyl (C=O) groups excluding carboxylic acids is 1. The first kappa shape index (κ1) is 12.7. The summed E-state index contributed by atoms with van der Waals surface area (Å²) in [7, 11) is 0. The highest BCUT2D eigenvalue weighted by Gasteiger charge is 2.33. The van der Waals surface area contributed by atoms with Crippen LogP contribution in [0.1, 0.15) is 28.8 Å². The maximum atomic E-state index is 12.6. The van der Waals surface area contributed by atoms with Crippen molar-refractivity contribution in [1.29, 1.82) is 0 Å². The van der Waals surface area contributed by atoms with Gasteiger partial charge < -0.3 is 10.6 Å². The molecule has 3 rings (SSSR count). The maximum Gasteiger partial charge on any atom is 0.255 e. The number of nitrogen functional groups attached to an aromatic ring is 1. The zero-order valence-corrected chi connectivity index (χ0v) is 11.2. The van der Waals surface area contributed by atoms with E-state index in [1.807, 2.05) is 35.2 Å². The van der Waals surface area contributed by atoms with Crippen LogP contribution in [0.15, 0.2) is 48.8 Å². The van der Waals surface area contributed by atoms with Crippen molar-refractivity contribution < 1.29 is 4.79 Å². The van der Waals surface area contributed by atoms with Crippen molar-refractivity contribution in [3.8, 4) is 0 Å². The Bertz CT molecular complexity index is 608. The molecule has 20 heavy (non-hydrogen) atoms. The summed E-state index contributed by atoms with van der Waals surface area (Å²) in [6.07, 6.45) is 5.45. The molecule has 0 radical (unpaired) electrons. The molecule has 2 aromatic rings. The van der Waals surface area contributed by atoms with E-state index in [-0.39, 0.29) is 5.91 Å². The van der Waals surface area contributed by atoms with Crippen LogP contribution in [-0.4, -0.2) is 21.8 Å². The van der Waals surface area contributed by atoms with E-state index >= 15 is 0 Å². The van der Waals surface area contributed by atoms with E-state index in [2.05, 4.69) is 4.98 Å². The number of benzene rings is 1. The number of aromatic nitrogens is 1. The average molecular weight is 267 g/mol. The average Bonchev–Trinajstić information content (AvgIpc) is 3.30. The number of nitrogens with two attached hydrogens (primary N) is 1. The Morgan fingerprint density at radius 2 is 2.15 bits per heavy atom. The molecular weight excluding hydrogens is 250 g/mol. The molecule has 1 heterocycles. The van der Waals surface area contributed by atoms with Gasteiger partial charge in [0.25, 0.3) is 5.91 Å². The molecule has 0 saturated heterocycles. The lowest BCUT2D eigenvalue weighted by atomic mass is 10.1. The third kappa shape index (κ3) is 2.79. The monoisotopic (exact) mass is 267 g/mol. The molecule has 1 aliphatic rings. The number of hydrogen-bond donors (Lipinski definition) is 1. The van der Waals surface area contributed by atoms with Gasteiger partial charge in [-0.25, -0.2) is 0 Å². The first-order chi connectivity index (χ1) is 9.74. The van der Waals surface area contributed by atoms with Crippen molar-refractivity contribution in [2.45, 2.75) is 25.4 Å². The fourth-order valence-corrected chi connectivity index (χ4v) is 2.30. The topological polar surface area (TPSA) is 59.2 Å². The van der Waals surface area contributed by atoms with E-state index in [1.54, 1.807) is 18.5 Å². The summed E-state index contributed by atoms with van der Waals surface area (Å²) in [6.45, 7) is 0.601. The van der Waals surface area contributed by atoms with Crippen LogP contribution in [0.5, 0.6) is 0 Å². The fourth-order valence-electron chi connectivity index (χ4n) is 2.30. The minimum Gasteiger partial charge on any atom is -0.399 e. The molecule has 2 N–H and O–H groups in total. The molecule has 0 aliphatic heterocycles. The molecule has 0 atom stereocenters. The predicted molar refractivity (Wildman–Crippen MR) is 78.0 cm³/mol. The Morgan fingerprint density at radius 1 is 1.30 bits per heavy atom. The molecule has 4 nitrogen and oxygen atoms in total. The molecular formula is C16H17N3O. The zero-order chi connectivity index (χ0) is 13.9. The van der Waals surface area contributed by atoms with E-state index in [4.69, 9.17) is 5.73 Å². The molecule has 0 unspecified atom stereocenters. The third-order valence-corrected chi connectivity index (χ3v) is 3.46. The molecule has 1 aromatic heterocycles. The van der Waals surface area contributed by atoms with Crippen molar-refractivity contribution in [2.75, 3.05) is 5.73 Å². The second kappa shape index (κ2) is 5.33. The lowest BCUT2D eigenvalue weighted by Gasteiger charge is -2.22. The summed E-state index contributed by atoms with van der Waals surface area (Å²) in [4.78, 5) is 18.5. The molecule has 1 aromatic carbocycles. The van der Waals surface area contributed by atoms with Gasteiger partial charge >= 0.3 is 0 Å².